The summed E-state index contributed by atoms with van der Waals surface area (Å²) in [6.07, 6.45) is -1.74. The zero-order valence-corrected chi connectivity index (χ0v) is 10.3. The van der Waals surface area contributed by atoms with Gasteiger partial charge in [0, 0.05) is 18.0 Å². The summed E-state index contributed by atoms with van der Waals surface area (Å²) in [7, 11) is 0. The Morgan fingerprint density at radius 2 is 2.20 bits per heavy atom. The third-order valence-electron chi connectivity index (χ3n) is 3.06. The summed E-state index contributed by atoms with van der Waals surface area (Å²) in [5.74, 6) is 0. The third-order valence-corrected chi connectivity index (χ3v) is 3.06. The predicted molar refractivity (Wildman–Crippen MR) is 62.9 cm³/mol. The van der Waals surface area contributed by atoms with E-state index in [9.17, 15) is 13.2 Å². The first-order valence-electron chi connectivity index (χ1n) is 5.90. The van der Waals surface area contributed by atoms with Crippen LogP contribution in [0.25, 0.3) is 5.69 Å². The maximum atomic E-state index is 12.6. The molecule has 0 saturated carbocycles. The molecule has 0 spiro atoms. The van der Waals surface area contributed by atoms with Crippen molar-refractivity contribution in [2.24, 2.45) is 5.73 Å². The standard InChI is InChI=1S/C12H11F3N4O/c13-12(14,15)11-3-7(1-2-17-11)19-4-8-9(16)5-20-6-10(8)18-19/h1-4,9H,5-6,16H2/t9-/m0/s1. The van der Waals surface area contributed by atoms with E-state index in [0.717, 1.165) is 17.8 Å². The molecule has 2 N–H and O–H groups in total. The van der Waals surface area contributed by atoms with Crippen LogP contribution in [0.3, 0.4) is 0 Å². The van der Waals surface area contributed by atoms with E-state index in [1.807, 2.05) is 0 Å². The van der Waals surface area contributed by atoms with E-state index in [1.165, 1.54) is 10.7 Å². The topological polar surface area (TPSA) is 66.0 Å². The van der Waals surface area contributed by atoms with Gasteiger partial charge in [0.1, 0.15) is 5.69 Å². The Balaban J connectivity index is 2.02. The molecule has 0 radical (unpaired) electrons. The Morgan fingerprint density at radius 1 is 1.40 bits per heavy atom. The number of pyridine rings is 1. The first-order valence-corrected chi connectivity index (χ1v) is 5.90. The van der Waals surface area contributed by atoms with Gasteiger partial charge >= 0.3 is 6.18 Å². The van der Waals surface area contributed by atoms with Crippen LogP contribution in [0.1, 0.15) is 23.0 Å². The highest BCUT2D eigenvalue weighted by atomic mass is 19.4. The van der Waals surface area contributed by atoms with Crippen molar-refractivity contribution in [2.75, 3.05) is 6.61 Å². The molecule has 0 bridgehead atoms. The summed E-state index contributed by atoms with van der Waals surface area (Å²) in [6.45, 7) is 0.691. The van der Waals surface area contributed by atoms with Crippen LogP contribution in [0, 0.1) is 0 Å². The SMILES string of the molecule is N[C@H]1COCc2nn(-c3ccnc(C(F)(F)F)c3)cc21. The number of alkyl halides is 3. The van der Waals surface area contributed by atoms with Crippen LogP contribution in [0.4, 0.5) is 13.2 Å². The van der Waals surface area contributed by atoms with E-state index in [2.05, 4.69) is 10.1 Å². The molecule has 106 valence electrons. The second kappa shape index (κ2) is 4.57. The molecule has 5 nitrogen and oxygen atoms in total. The van der Waals surface area contributed by atoms with Gasteiger partial charge in [-0.2, -0.15) is 18.3 Å². The smallest absolute Gasteiger partial charge is 0.373 e. The molecule has 1 aliphatic rings. The lowest BCUT2D eigenvalue weighted by Gasteiger charge is -2.16. The number of nitrogens with zero attached hydrogens (tertiary/aromatic N) is 3. The van der Waals surface area contributed by atoms with Crippen molar-refractivity contribution in [3.8, 4) is 5.69 Å². The molecule has 8 heteroatoms. The number of hydrogen-bond acceptors (Lipinski definition) is 4. The first kappa shape index (κ1) is 13.1. The Kier molecular flexibility index (Phi) is 2.98. The van der Waals surface area contributed by atoms with Crippen molar-refractivity contribution in [2.45, 2.75) is 18.8 Å². The average molecular weight is 284 g/mol. The van der Waals surface area contributed by atoms with Gasteiger partial charge in [-0.3, -0.25) is 4.98 Å². The molecule has 0 amide bonds. The Hall–Kier alpha value is -1.93. The monoisotopic (exact) mass is 284 g/mol. The summed E-state index contributed by atoms with van der Waals surface area (Å²) in [5.41, 5.74) is 6.64. The van der Waals surface area contributed by atoms with E-state index < -0.39 is 11.9 Å². The van der Waals surface area contributed by atoms with Crippen molar-refractivity contribution >= 4 is 0 Å². The lowest BCUT2D eigenvalue weighted by Crippen LogP contribution is -2.22. The van der Waals surface area contributed by atoms with Crippen LogP contribution < -0.4 is 5.73 Å². The molecule has 0 unspecified atom stereocenters. The minimum Gasteiger partial charge on any atom is -0.373 e. The molecular weight excluding hydrogens is 273 g/mol. The van der Waals surface area contributed by atoms with Gasteiger partial charge in [-0.25, -0.2) is 4.68 Å². The average Bonchev–Trinajstić information content (AvgIpc) is 2.83. The molecular formula is C12H11F3N4O. The molecule has 0 fully saturated rings. The highest BCUT2D eigenvalue weighted by Crippen LogP contribution is 2.29. The highest BCUT2D eigenvalue weighted by molar-refractivity contribution is 5.35. The second-order valence-electron chi connectivity index (χ2n) is 4.49. The van der Waals surface area contributed by atoms with Crippen molar-refractivity contribution < 1.29 is 17.9 Å². The van der Waals surface area contributed by atoms with Gasteiger partial charge in [0.2, 0.25) is 0 Å². The molecule has 20 heavy (non-hydrogen) atoms. The van der Waals surface area contributed by atoms with Crippen molar-refractivity contribution in [1.82, 2.24) is 14.8 Å². The summed E-state index contributed by atoms with van der Waals surface area (Å²) in [6, 6.07) is 2.10. The van der Waals surface area contributed by atoms with Crippen LogP contribution in [0.5, 0.6) is 0 Å². The lowest BCUT2D eigenvalue weighted by molar-refractivity contribution is -0.141. The Bertz CT molecular complexity index is 638. The summed E-state index contributed by atoms with van der Waals surface area (Å²) < 4.78 is 44.5. The fourth-order valence-corrected chi connectivity index (χ4v) is 2.07. The molecule has 3 rings (SSSR count). The highest BCUT2D eigenvalue weighted by Gasteiger charge is 2.32. The van der Waals surface area contributed by atoms with E-state index >= 15 is 0 Å². The third kappa shape index (κ3) is 2.27. The van der Waals surface area contributed by atoms with Crippen LogP contribution >= 0.6 is 0 Å². The number of hydrogen-bond donors (Lipinski definition) is 1. The minimum atomic E-state index is -4.48. The van der Waals surface area contributed by atoms with Crippen LogP contribution in [-0.4, -0.2) is 21.4 Å². The molecule has 1 atom stereocenters. The summed E-state index contributed by atoms with van der Waals surface area (Å²) in [4.78, 5) is 3.32. The van der Waals surface area contributed by atoms with Crippen molar-refractivity contribution in [3.63, 3.8) is 0 Å². The number of ether oxygens (including phenoxy) is 1. The van der Waals surface area contributed by atoms with Gasteiger partial charge in [0.15, 0.2) is 0 Å². The van der Waals surface area contributed by atoms with Gasteiger partial charge in [0.25, 0.3) is 0 Å². The minimum absolute atomic E-state index is 0.286. The number of halogens is 3. The van der Waals surface area contributed by atoms with E-state index in [-0.39, 0.29) is 11.7 Å². The number of aromatic nitrogens is 3. The molecule has 0 aromatic carbocycles. The normalized spacial score (nSPS) is 18.9. The first-order chi connectivity index (χ1) is 9.45. The summed E-state index contributed by atoms with van der Waals surface area (Å²) in [5, 5.41) is 4.21. The Labute approximate surface area is 112 Å². The van der Waals surface area contributed by atoms with Crippen LogP contribution in [0.2, 0.25) is 0 Å². The maximum Gasteiger partial charge on any atom is 0.433 e. The number of rotatable bonds is 1. The largest absolute Gasteiger partial charge is 0.433 e. The predicted octanol–water partition coefficient (Wildman–Crippen LogP) is 1.82. The van der Waals surface area contributed by atoms with E-state index in [1.54, 1.807) is 6.20 Å². The maximum absolute atomic E-state index is 12.6. The van der Waals surface area contributed by atoms with Crippen molar-refractivity contribution in [3.05, 3.63) is 41.5 Å². The van der Waals surface area contributed by atoms with Gasteiger partial charge in [-0.1, -0.05) is 0 Å². The van der Waals surface area contributed by atoms with E-state index in [4.69, 9.17) is 10.5 Å². The molecule has 0 aliphatic carbocycles. The molecule has 1 aliphatic heterocycles. The van der Waals surface area contributed by atoms with E-state index in [0.29, 0.717) is 18.9 Å². The molecule has 3 heterocycles. The van der Waals surface area contributed by atoms with Gasteiger partial charge in [-0.15, -0.1) is 0 Å². The quantitative estimate of drug-likeness (QED) is 0.867. The molecule has 0 saturated heterocycles. The molecule has 2 aromatic rings. The molecule has 2 aromatic heterocycles. The zero-order chi connectivity index (χ0) is 14.3. The van der Waals surface area contributed by atoms with Crippen LogP contribution in [0.15, 0.2) is 24.5 Å². The fraction of sp³-hybridized carbons (Fsp3) is 0.333. The fourth-order valence-electron chi connectivity index (χ4n) is 2.07. The van der Waals surface area contributed by atoms with Gasteiger partial charge in [-0.05, 0) is 12.1 Å². The summed E-state index contributed by atoms with van der Waals surface area (Å²) >= 11 is 0. The number of fused-ring (bicyclic) bond motifs is 1. The Morgan fingerprint density at radius 3 is 2.90 bits per heavy atom. The lowest BCUT2D eigenvalue weighted by atomic mass is 10.1. The van der Waals surface area contributed by atoms with Crippen LogP contribution in [-0.2, 0) is 17.5 Å². The number of nitrogens with two attached hydrogens (primary N) is 1. The van der Waals surface area contributed by atoms with Crippen molar-refractivity contribution in [1.29, 1.82) is 0 Å². The zero-order valence-electron chi connectivity index (χ0n) is 10.3. The van der Waals surface area contributed by atoms with Gasteiger partial charge in [0.05, 0.1) is 30.6 Å². The van der Waals surface area contributed by atoms with Gasteiger partial charge < -0.3 is 10.5 Å². The second-order valence-corrected chi connectivity index (χ2v) is 4.49.